The summed E-state index contributed by atoms with van der Waals surface area (Å²) in [5.74, 6) is 0.104. The summed E-state index contributed by atoms with van der Waals surface area (Å²) >= 11 is 0. The maximum atomic E-state index is 11.5. The highest BCUT2D eigenvalue weighted by molar-refractivity contribution is 5.82. The van der Waals surface area contributed by atoms with E-state index in [0.717, 1.165) is 45.6 Å². The number of hydrogen-bond acceptors (Lipinski definition) is 3. The van der Waals surface area contributed by atoms with Gasteiger partial charge in [-0.15, -0.1) is 0 Å². The molecule has 1 heterocycles. The summed E-state index contributed by atoms with van der Waals surface area (Å²) in [7, 11) is 0. The molecule has 0 radical (unpaired) electrons. The molecule has 1 aliphatic heterocycles. The fourth-order valence-corrected chi connectivity index (χ4v) is 1.69. The maximum absolute atomic E-state index is 11.5. The monoisotopic (exact) mass is 200 g/mol. The quantitative estimate of drug-likeness (QED) is 0.652. The molecule has 0 saturated carbocycles. The molecular formula is C10H20N2O2. The van der Waals surface area contributed by atoms with E-state index in [9.17, 15) is 4.79 Å². The number of hydrogen-bond donors (Lipinski definition) is 1. The summed E-state index contributed by atoms with van der Waals surface area (Å²) in [6, 6.07) is -0.268. The van der Waals surface area contributed by atoms with Crippen molar-refractivity contribution in [2.75, 3.05) is 26.3 Å². The number of carbonyl (C=O) groups is 1. The van der Waals surface area contributed by atoms with Gasteiger partial charge < -0.3 is 15.4 Å². The fraction of sp³-hybridized carbons (Fsp3) is 0.900. The molecule has 1 aliphatic rings. The smallest absolute Gasteiger partial charge is 0.239 e. The van der Waals surface area contributed by atoms with Crippen LogP contribution in [0.5, 0.6) is 0 Å². The Morgan fingerprint density at radius 2 is 2.43 bits per heavy atom. The minimum Gasteiger partial charge on any atom is -0.382 e. The molecule has 0 aliphatic carbocycles. The van der Waals surface area contributed by atoms with Crippen LogP contribution in [0.4, 0.5) is 0 Å². The van der Waals surface area contributed by atoms with Crippen LogP contribution in [-0.2, 0) is 9.53 Å². The van der Waals surface area contributed by atoms with E-state index in [1.165, 1.54) is 0 Å². The lowest BCUT2D eigenvalue weighted by Gasteiger charge is -2.30. The summed E-state index contributed by atoms with van der Waals surface area (Å²) in [6.07, 6.45) is 2.77. The van der Waals surface area contributed by atoms with E-state index < -0.39 is 0 Å². The third-order valence-corrected chi connectivity index (χ3v) is 2.49. The number of piperidine rings is 1. The van der Waals surface area contributed by atoms with Gasteiger partial charge in [0.1, 0.15) is 0 Å². The van der Waals surface area contributed by atoms with Crippen LogP contribution >= 0.6 is 0 Å². The first-order chi connectivity index (χ1) is 6.75. The molecule has 4 nitrogen and oxygen atoms in total. The Labute approximate surface area is 85.4 Å². The van der Waals surface area contributed by atoms with Crippen LogP contribution < -0.4 is 5.73 Å². The zero-order valence-electron chi connectivity index (χ0n) is 8.87. The van der Waals surface area contributed by atoms with Gasteiger partial charge in [-0.3, -0.25) is 4.79 Å². The lowest BCUT2D eigenvalue weighted by Crippen LogP contribution is -2.48. The summed E-state index contributed by atoms with van der Waals surface area (Å²) < 4.78 is 5.22. The molecule has 2 N–H and O–H groups in total. The van der Waals surface area contributed by atoms with Crippen molar-refractivity contribution in [3.63, 3.8) is 0 Å². The minimum absolute atomic E-state index is 0.104. The molecule has 0 aromatic carbocycles. The highest BCUT2D eigenvalue weighted by Gasteiger charge is 2.24. The Bertz CT molecular complexity index is 185. The average molecular weight is 200 g/mol. The largest absolute Gasteiger partial charge is 0.382 e. The molecule has 1 amide bonds. The predicted octanol–water partition coefficient (Wildman–Crippen LogP) is 0.363. The summed E-state index contributed by atoms with van der Waals surface area (Å²) in [4.78, 5) is 13.4. The molecule has 0 spiro atoms. The van der Waals surface area contributed by atoms with E-state index >= 15 is 0 Å². The average Bonchev–Trinajstić information content (AvgIpc) is 2.19. The van der Waals surface area contributed by atoms with E-state index in [1.807, 2.05) is 11.8 Å². The highest BCUT2D eigenvalue weighted by Crippen LogP contribution is 2.09. The maximum Gasteiger partial charge on any atom is 0.239 e. The van der Waals surface area contributed by atoms with Gasteiger partial charge in [-0.2, -0.15) is 0 Å². The molecule has 1 saturated heterocycles. The van der Waals surface area contributed by atoms with Gasteiger partial charge in [0.25, 0.3) is 0 Å². The molecule has 14 heavy (non-hydrogen) atoms. The Morgan fingerprint density at radius 1 is 1.64 bits per heavy atom. The first-order valence-corrected chi connectivity index (χ1v) is 5.37. The van der Waals surface area contributed by atoms with Crippen molar-refractivity contribution in [2.24, 2.45) is 5.73 Å². The first-order valence-electron chi connectivity index (χ1n) is 5.37. The lowest BCUT2D eigenvalue weighted by atomic mass is 10.1. The summed E-state index contributed by atoms with van der Waals surface area (Å²) in [5, 5.41) is 0. The summed E-state index contributed by atoms with van der Waals surface area (Å²) in [5.41, 5.74) is 5.68. The van der Waals surface area contributed by atoms with Gasteiger partial charge >= 0.3 is 0 Å². The van der Waals surface area contributed by atoms with Gasteiger partial charge in [0.15, 0.2) is 0 Å². The number of carbonyl (C=O) groups excluding carboxylic acids is 1. The van der Waals surface area contributed by atoms with Gasteiger partial charge in [0, 0.05) is 26.3 Å². The van der Waals surface area contributed by atoms with Crippen LogP contribution in [0.1, 0.15) is 26.2 Å². The Hall–Kier alpha value is -0.610. The molecule has 1 rings (SSSR count). The lowest BCUT2D eigenvalue weighted by molar-refractivity contribution is -0.135. The number of nitrogens with two attached hydrogens (primary N) is 1. The SMILES string of the molecule is CCOCCCN1CCCC(N)C1=O. The van der Waals surface area contributed by atoms with Crippen LogP contribution in [0.2, 0.25) is 0 Å². The van der Waals surface area contributed by atoms with E-state index in [-0.39, 0.29) is 11.9 Å². The molecule has 0 aromatic heterocycles. The molecular weight excluding hydrogens is 180 g/mol. The van der Waals surface area contributed by atoms with Gasteiger partial charge in [-0.25, -0.2) is 0 Å². The number of likely N-dealkylation sites (tertiary alicyclic amines) is 1. The molecule has 82 valence electrons. The molecule has 1 fully saturated rings. The van der Waals surface area contributed by atoms with Gasteiger partial charge in [-0.1, -0.05) is 0 Å². The van der Waals surface area contributed by atoms with Gasteiger partial charge in [-0.05, 0) is 26.2 Å². The van der Waals surface area contributed by atoms with Crippen LogP contribution in [0.25, 0.3) is 0 Å². The Balaban J connectivity index is 2.19. The predicted molar refractivity (Wildman–Crippen MR) is 54.9 cm³/mol. The van der Waals surface area contributed by atoms with Crippen LogP contribution in [0.3, 0.4) is 0 Å². The number of nitrogens with zero attached hydrogens (tertiary/aromatic N) is 1. The number of rotatable bonds is 5. The molecule has 1 atom stereocenters. The van der Waals surface area contributed by atoms with Crippen molar-refractivity contribution in [3.05, 3.63) is 0 Å². The van der Waals surface area contributed by atoms with E-state index in [2.05, 4.69) is 0 Å². The van der Waals surface area contributed by atoms with Gasteiger partial charge in [0.05, 0.1) is 6.04 Å². The molecule has 4 heteroatoms. The first kappa shape index (κ1) is 11.5. The number of amides is 1. The third kappa shape index (κ3) is 3.27. The zero-order chi connectivity index (χ0) is 10.4. The fourth-order valence-electron chi connectivity index (χ4n) is 1.69. The van der Waals surface area contributed by atoms with Crippen molar-refractivity contribution >= 4 is 5.91 Å². The normalized spacial score (nSPS) is 22.9. The van der Waals surface area contributed by atoms with E-state index in [0.29, 0.717) is 0 Å². The van der Waals surface area contributed by atoms with E-state index in [4.69, 9.17) is 10.5 Å². The van der Waals surface area contributed by atoms with Crippen molar-refractivity contribution in [1.29, 1.82) is 0 Å². The topological polar surface area (TPSA) is 55.6 Å². The van der Waals surface area contributed by atoms with Crippen LogP contribution in [-0.4, -0.2) is 43.2 Å². The third-order valence-electron chi connectivity index (χ3n) is 2.49. The number of ether oxygens (including phenoxy) is 1. The van der Waals surface area contributed by atoms with Crippen LogP contribution in [0.15, 0.2) is 0 Å². The minimum atomic E-state index is -0.268. The van der Waals surface area contributed by atoms with Crippen molar-refractivity contribution in [3.8, 4) is 0 Å². The van der Waals surface area contributed by atoms with E-state index in [1.54, 1.807) is 0 Å². The standard InChI is InChI=1S/C10H20N2O2/c1-2-14-8-4-7-12-6-3-5-9(11)10(12)13/h9H,2-8,11H2,1H3. The molecule has 0 bridgehead atoms. The zero-order valence-corrected chi connectivity index (χ0v) is 8.87. The second-order valence-electron chi connectivity index (χ2n) is 3.62. The van der Waals surface area contributed by atoms with Gasteiger partial charge in [0.2, 0.25) is 5.91 Å². The van der Waals surface area contributed by atoms with Crippen LogP contribution in [0, 0.1) is 0 Å². The second kappa shape index (κ2) is 5.98. The Morgan fingerprint density at radius 3 is 3.14 bits per heavy atom. The Kier molecular flexibility index (Phi) is 4.90. The summed E-state index contributed by atoms with van der Waals surface area (Å²) in [6.45, 7) is 5.09. The molecule has 0 aromatic rings. The van der Waals surface area contributed by atoms with Crippen molar-refractivity contribution < 1.29 is 9.53 Å². The van der Waals surface area contributed by atoms with Crippen molar-refractivity contribution in [2.45, 2.75) is 32.2 Å². The second-order valence-corrected chi connectivity index (χ2v) is 3.62. The highest BCUT2D eigenvalue weighted by atomic mass is 16.5. The van der Waals surface area contributed by atoms with Crippen molar-refractivity contribution in [1.82, 2.24) is 4.90 Å². The molecule has 1 unspecified atom stereocenters.